The van der Waals surface area contributed by atoms with Crippen molar-refractivity contribution in [1.29, 1.82) is 0 Å². The molecular weight excluding hydrogens is 274 g/mol. The molecule has 0 spiro atoms. The molecule has 0 aliphatic heterocycles. The summed E-state index contributed by atoms with van der Waals surface area (Å²) in [6.07, 6.45) is 4.13. The number of hydrogen-bond donors (Lipinski definition) is 2. The van der Waals surface area contributed by atoms with E-state index in [0.717, 1.165) is 11.4 Å². The van der Waals surface area contributed by atoms with E-state index in [1.54, 1.807) is 17.5 Å². The van der Waals surface area contributed by atoms with Crippen molar-refractivity contribution in [2.45, 2.75) is 32.7 Å². The average molecular weight is 293 g/mol. The third-order valence-corrected chi connectivity index (χ3v) is 3.78. The van der Waals surface area contributed by atoms with E-state index in [0.29, 0.717) is 24.0 Å². The lowest BCUT2D eigenvalue weighted by atomic mass is 10.1. The van der Waals surface area contributed by atoms with Crippen molar-refractivity contribution in [3.05, 3.63) is 22.9 Å². The summed E-state index contributed by atoms with van der Waals surface area (Å²) < 4.78 is 5.50. The first-order valence-corrected chi connectivity index (χ1v) is 7.34. The molecule has 0 saturated carbocycles. The van der Waals surface area contributed by atoms with Crippen LogP contribution in [0.3, 0.4) is 0 Å². The molecule has 20 heavy (non-hydrogen) atoms. The number of nitrogens with one attached hydrogen (secondary N) is 1. The molecule has 0 amide bonds. The van der Waals surface area contributed by atoms with Crippen LogP contribution in [0.15, 0.2) is 17.9 Å². The van der Waals surface area contributed by atoms with Crippen molar-refractivity contribution >= 4 is 22.8 Å². The van der Waals surface area contributed by atoms with E-state index in [9.17, 15) is 0 Å². The van der Waals surface area contributed by atoms with Crippen LogP contribution < -0.4 is 15.8 Å². The van der Waals surface area contributed by atoms with Gasteiger partial charge in [-0.15, -0.1) is 11.3 Å². The topological polar surface area (TPSA) is 86.0 Å². The van der Waals surface area contributed by atoms with Gasteiger partial charge >= 0.3 is 0 Å². The first kappa shape index (κ1) is 14.5. The van der Waals surface area contributed by atoms with Gasteiger partial charge in [-0.3, -0.25) is 0 Å². The summed E-state index contributed by atoms with van der Waals surface area (Å²) in [5.74, 6) is 0.977. The van der Waals surface area contributed by atoms with Gasteiger partial charge < -0.3 is 15.8 Å². The van der Waals surface area contributed by atoms with E-state index in [4.69, 9.17) is 10.5 Å². The highest BCUT2D eigenvalue weighted by molar-refractivity contribution is 7.09. The fraction of sp³-hybridized carbons (Fsp3) is 0.462. The Morgan fingerprint density at radius 2 is 2.15 bits per heavy atom. The molecule has 0 aliphatic carbocycles. The van der Waals surface area contributed by atoms with Gasteiger partial charge in [0.2, 0.25) is 5.88 Å². The Kier molecular flexibility index (Phi) is 4.39. The molecular formula is C13H19N5OS. The smallest absolute Gasteiger partial charge is 0.242 e. The number of nitrogen functional groups attached to an aromatic ring is 1. The Morgan fingerprint density at radius 1 is 1.35 bits per heavy atom. The van der Waals surface area contributed by atoms with Crippen molar-refractivity contribution in [3.63, 3.8) is 0 Å². The van der Waals surface area contributed by atoms with Crippen LogP contribution in [0.25, 0.3) is 0 Å². The molecule has 3 N–H and O–H groups in total. The predicted molar refractivity (Wildman–Crippen MR) is 81.0 cm³/mol. The molecule has 0 atom stereocenters. The van der Waals surface area contributed by atoms with Crippen LogP contribution in [0.4, 0.5) is 11.5 Å². The summed E-state index contributed by atoms with van der Waals surface area (Å²) in [7, 11) is 0. The summed E-state index contributed by atoms with van der Waals surface area (Å²) in [5.41, 5.74) is 6.11. The van der Waals surface area contributed by atoms with Gasteiger partial charge in [0.15, 0.2) is 5.82 Å². The van der Waals surface area contributed by atoms with Crippen LogP contribution in [-0.2, 0) is 5.54 Å². The van der Waals surface area contributed by atoms with Gasteiger partial charge in [0.1, 0.15) is 17.0 Å². The SMILES string of the molecule is CCCOc1ncnc(NC(C)(C)c2nccs2)c1N. The van der Waals surface area contributed by atoms with Crippen LogP contribution in [0, 0.1) is 0 Å². The molecule has 0 unspecified atom stereocenters. The Morgan fingerprint density at radius 3 is 2.80 bits per heavy atom. The molecule has 0 fully saturated rings. The van der Waals surface area contributed by atoms with Crippen molar-refractivity contribution in [1.82, 2.24) is 15.0 Å². The number of anilines is 2. The second-order valence-corrected chi connectivity index (χ2v) is 5.77. The molecule has 2 rings (SSSR count). The van der Waals surface area contributed by atoms with Gasteiger partial charge in [-0.1, -0.05) is 6.92 Å². The largest absolute Gasteiger partial charge is 0.476 e. The van der Waals surface area contributed by atoms with Gasteiger partial charge in [0.25, 0.3) is 0 Å². The van der Waals surface area contributed by atoms with E-state index in [1.165, 1.54) is 6.33 Å². The van der Waals surface area contributed by atoms with Crippen molar-refractivity contribution in [2.24, 2.45) is 0 Å². The first-order valence-electron chi connectivity index (χ1n) is 6.46. The lowest BCUT2D eigenvalue weighted by molar-refractivity contribution is 0.306. The number of thiazole rings is 1. The minimum atomic E-state index is -0.362. The summed E-state index contributed by atoms with van der Waals surface area (Å²) in [5, 5.41) is 6.20. The zero-order chi connectivity index (χ0) is 14.6. The number of nitrogens with two attached hydrogens (primary N) is 1. The molecule has 0 saturated heterocycles. The highest BCUT2D eigenvalue weighted by Gasteiger charge is 2.25. The molecule has 0 radical (unpaired) electrons. The standard InChI is InChI=1S/C13H19N5OS/c1-4-6-19-11-9(14)10(16-8-17-11)18-13(2,3)12-15-5-7-20-12/h5,7-8H,4,6,14H2,1-3H3,(H,16,17,18). The maximum Gasteiger partial charge on any atom is 0.242 e. The summed E-state index contributed by atoms with van der Waals surface area (Å²) in [6.45, 7) is 6.67. The van der Waals surface area contributed by atoms with E-state index in [1.807, 2.05) is 26.2 Å². The zero-order valence-corrected chi connectivity index (χ0v) is 12.7. The molecule has 6 nitrogen and oxygen atoms in total. The minimum Gasteiger partial charge on any atom is -0.476 e. The van der Waals surface area contributed by atoms with Crippen LogP contribution in [0.2, 0.25) is 0 Å². The summed E-state index contributed by atoms with van der Waals surface area (Å²) in [4.78, 5) is 12.6. The van der Waals surface area contributed by atoms with Crippen molar-refractivity contribution in [3.8, 4) is 5.88 Å². The van der Waals surface area contributed by atoms with Crippen molar-refractivity contribution < 1.29 is 4.74 Å². The normalized spacial score (nSPS) is 11.3. The highest BCUT2D eigenvalue weighted by Crippen LogP contribution is 2.31. The van der Waals surface area contributed by atoms with Crippen LogP contribution in [0.5, 0.6) is 5.88 Å². The van der Waals surface area contributed by atoms with Crippen molar-refractivity contribution in [2.75, 3.05) is 17.7 Å². The van der Waals surface area contributed by atoms with Crippen LogP contribution >= 0.6 is 11.3 Å². The average Bonchev–Trinajstić information content (AvgIpc) is 2.94. The molecule has 7 heteroatoms. The van der Waals surface area contributed by atoms with Crippen LogP contribution in [0.1, 0.15) is 32.2 Å². The van der Waals surface area contributed by atoms with E-state index in [2.05, 4.69) is 20.3 Å². The second-order valence-electron chi connectivity index (χ2n) is 4.88. The molecule has 108 valence electrons. The Hall–Kier alpha value is -1.89. The van der Waals surface area contributed by atoms with Gasteiger partial charge in [-0.05, 0) is 20.3 Å². The lowest BCUT2D eigenvalue weighted by Crippen LogP contribution is -2.29. The van der Waals surface area contributed by atoms with E-state index >= 15 is 0 Å². The van der Waals surface area contributed by atoms with Gasteiger partial charge in [0.05, 0.1) is 12.1 Å². The maximum absolute atomic E-state index is 6.06. The number of hydrogen-bond acceptors (Lipinski definition) is 7. The summed E-state index contributed by atoms with van der Waals surface area (Å²) in [6, 6.07) is 0. The van der Waals surface area contributed by atoms with Gasteiger partial charge in [-0.2, -0.15) is 4.98 Å². The molecule has 0 aromatic carbocycles. The Bertz CT molecular complexity index is 556. The molecule has 0 bridgehead atoms. The Balaban J connectivity index is 2.21. The van der Waals surface area contributed by atoms with Crippen LogP contribution in [-0.4, -0.2) is 21.6 Å². The fourth-order valence-corrected chi connectivity index (χ4v) is 2.39. The third kappa shape index (κ3) is 3.16. The number of rotatable bonds is 6. The third-order valence-electron chi connectivity index (χ3n) is 2.69. The van der Waals surface area contributed by atoms with E-state index in [-0.39, 0.29) is 5.54 Å². The van der Waals surface area contributed by atoms with Gasteiger partial charge in [-0.25, -0.2) is 9.97 Å². The first-order chi connectivity index (χ1) is 9.54. The predicted octanol–water partition coefficient (Wildman–Crippen LogP) is 2.65. The number of nitrogens with zero attached hydrogens (tertiary/aromatic N) is 3. The number of aromatic nitrogens is 3. The molecule has 0 aliphatic rings. The van der Waals surface area contributed by atoms with E-state index < -0.39 is 0 Å². The lowest BCUT2D eigenvalue weighted by Gasteiger charge is -2.25. The number of ether oxygens (including phenoxy) is 1. The summed E-state index contributed by atoms with van der Waals surface area (Å²) >= 11 is 1.58. The quantitative estimate of drug-likeness (QED) is 0.851. The maximum atomic E-state index is 6.06. The minimum absolute atomic E-state index is 0.362. The monoisotopic (exact) mass is 293 g/mol. The molecule has 2 aromatic rings. The zero-order valence-electron chi connectivity index (χ0n) is 11.9. The second kappa shape index (κ2) is 6.04. The van der Waals surface area contributed by atoms with Gasteiger partial charge in [0, 0.05) is 11.6 Å². The molecule has 2 aromatic heterocycles. The Labute approximate surface area is 122 Å². The fourth-order valence-electron chi connectivity index (χ4n) is 1.67. The molecule has 2 heterocycles. The highest BCUT2D eigenvalue weighted by atomic mass is 32.1.